The highest BCUT2D eigenvalue weighted by molar-refractivity contribution is 7.03. The lowest BCUT2D eigenvalue weighted by molar-refractivity contribution is 0.441. The molecule has 0 spiro atoms. The second-order valence-corrected chi connectivity index (χ2v) is 4.52. The number of aromatic nitrogens is 2. The van der Waals surface area contributed by atoms with Gasteiger partial charge in [-0.1, -0.05) is 25.3 Å². The molecular weight excluding hydrogens is 194 g/mol. The number of nitrogens with one attached hydrogen (secondary N) is 1. The van der Waals surface area contributed by atoms with Crippen molar-refractivity contribution < 1.29 is 0 Å². The van der Waals surface area contributed by atoms with Crippen molar-refractivity contribution in [3.63, 3.8) is 0 Å². The maximum Gasteiger partial charge on any atom is 0.0924 e. The van der Waals surface area contributed by atoms with Crippen molar-refractivity contribution in [2.75, 3.05) is 6.54 Å². The van der Waals surface area contributed by atoms with Crippen LogP contribution in [0.3, 0.4) is 0 Å². The molecule has 1 aromatic heterocycles. The first-order chi connectivity index (χ1) is 6.74. The first-order valence-electron chi connectivity index (χ1n) is 5.24. The van der Waals surface area contributed by atoms with Gasteiger partial charge in [0.1, 0.15) is 0 Å². The van der Waals surface area contributed by atoms with Crippen molar-refractivity contribution in [3.8, 4) is 0 Å². The third-order valence-electron chi connectivity index (χ3n) is 2.22. The number of rotatable bonds is 6. The van der Waals surface area contributed by atoms with Crippen LogP contribution in [0.2, 0.25) is 0 Å². The standard InChI is InChI=1S/C10H19N3S/c1-4-11-9(6-5-8(2)3)10-7-14-13-12-10/h7-9,11H,4-6H2,1-3H3. The van der Waals surface area contributed by atoms with Crippen molar-refractivity contribution in [2.45, 2.75) is 39.7 Å². The second kappa shape index (κ2) is 6.09. The van der Waals surface area contributed by atoms with E-state index in [1.54, 1.807) is 0 Å². The van der Waals surface area contributed by atoms with Gasteiger partial charge in [-0.25, -0.2) is 0 Å². The van der Waals surface area contributed by atoms with Gasteiger partial charge in [0.05, 0.1) is 11.7 Å². The summed E-state index contributed by atoms with van der Waals surface area (Å²) >= 11 is 1.43. The Morgan fingerprint density at radius 2 is 2.21 bits per heavy atom. The molecule has 14 heavy (non-hydrogen) atoms. The normalized spacial score (nSPS) is 13.4. The van der Waals surface area contributed by atoms with Crippen molar-refractivity contribution in [3.05, 3.63) is 11.1 Å². The molecule has 3 nitrogen and oxygen atoms in total. The number of nitrogens with zero attached hydrogens (tertiary/aromatic N) is 2. The van der Waals surface area contributed by atoms with Crippen molar-refractivity contribution in [1.29, 1.82) is 0 Å². The molecular formula is C10H19N3S. The topological polar surface area (TPSA) is 37.8 Å². The van der Waals surface area contributed by atoms with E-state index in [1.165, 1.54) is 18.0 Å². The highest BCUT2D eigenvalue weighted by Gasteiger charge is 2.13. The minimum absolute atomic E-state index is 0.390. The minimum atomic E-state index is 0.390. The van der Waals surface area contributed by atoms with E-state index in [0.717, 1.165) is 24.6 Å². The van der Waals surface area contributed by atoms with Crippen molar-refractivity contribution in [1.82, 2.24) is 14.9 Å². The molecule has 0 aromatic carbocycles. The molecule has 0 fully saturated rings. The summed E-state index contributed by atoms with van der Waals surface area (Å²) in [6, 6.07) is 0.390. The maximum absolute atomic E-state index is 4.12. The lowest BCUT2D eigenvalue weighted by atomic mass is 10.0. The SMILES string of the molecule is CCNC(CCC(C)C)c1csnn1. The van der Waals surface area contributed by atoms with Crippen molar-refractivity contribution >= 4 is 11.5 Å². The summed E-state index contributed by atoms with van der Waals surface area (Å²) in [7, 11) is 0. The van der Waals surface area contributed by atoms with E-state index in [2.05, 4.69) is 35.7 Å². The summed E-state index contributed by atoms with van der Waals surface area (Å²) < 4.78 is 3.90. The molecule has 80 valence electrons. The van der Waals surface area contributed by atoms with Gasteiger partial charge < -0.3 is 5.32 Å². The molecule has 1 unspecified atom stereocenters. The van der Waals surface area contributed by atoms with E-state index in [4.69, 9.17) is 0 Å². The number of hydrogen-bond acceptors (Lipinski definition) is 4. The number of hydrogen-bond donors (Lipinski definition) is 1. The van der Waals surface area contributed by atoms with E-state index in [-0.39, 0.29) is 0 Å². The molecule has 4 heteroatoms. The summed E-state index contributed by atoms with van der Waals surface area (Å²) in [4.78, 5) is 0. The fraction of sp³-hybridized carbons (Fsp3) is 0.800. The summed E-state index contributed by atoms with van der Waals surface area (Å²) in [5, 5.41) is 9.60. The van der Waals surface area contributed by atoms with Gasteiger partial charge in [0.15, 0.2) is 0 Å². The molecule has 0 aliphatic rings. The van der Waals surface area contributed by atoms with Crippen LogP contribution in [0.4, 0.5) is 0 Å². The molecule has 0 radical (unpaired) electrons. The molecule has 1 aromatic rings. The zero-order valence-electron chi connectivity index (χ0n) is 9.16. The lowest BCUT2D eigenvalue weighted by Crippen LogP contribution is -2.21. The molecule has 1 heterocycles. The van der Waals surface area contributed by atoms with Crippen LogP contribution in [-0.2, 0) is 0 Å². The van der Waals surface area contributed by atoms with E-state index in [0.29, 0.717) is 6.04 Å². The van der Waals surface area contributed by atoms with Crippen LogP contribution in [0.25, 0.3) is 0 Å². The molecule has 0 amide bonds. The first-order valence-corrected chi connectivity index (χ1v) is 6.08. The van der Waals surface area contributed by atoms with Crippen molar-refractivity contribution in [2.24, 2.45) is 5.92 Å². The lowest BCUT2D eigenvalue weighted by Gasteiger charge is -2.16. The smallest absolute Gasteiger partial charge is 0.0924 e. The molecule has 0 saturated carbocycles. The van der Waals surface area contributed by atoms with Gasteiger partial charge >= 0.3 is 0 Å². The minimum Gasteiger partial charge on any atom is -0.309 e. The third-order valence-corrected chi connectivity index (χ3v) is 2.74. The van der Waals surface area contributed by atoms with Crippen LogP contribution in [-0.4, -0.2) is 16.1 Å². The van der Waals surface area contributed by atoms with Gasteiger partial charge in [0.2, 0.25) is 0 Å². The van der Waals surface area contributed by atoms with Gasteiger partial charge in [-0.2, -0.15) is 0 Å². The predicted octanol–water partition coefficient (Wildman–Crippen LogP) is 2.62. The van der Waals surface area contributed by atoms with Crippen LogP contribution in [0, 0.1) is 5.92 Å². The van der Waals surface area contributed by atoms with Gasteiger partial charge in [-0.15, -0.1) is 5.10 Å². The zero-order valence-corrected chi connectivity index (χ0v) is 9.97. The molecule has 0 saturated heterocycles. The Labute approximate surface area is 90.1 Å². The van der Waals surface area contributed by atoms with Crippen LogP contribution in [0.1, 0.15) is 45.3 Å². The monoisotopic (exact) mass is 213 g/mol. The Hall–Kier alpha value is -0.480. The van der Waals surface area contributed by atoms with Gasteiger partial charge in [0.25, 0.3) is 0 Å². The fourth-order valence-electron chi connectivity index (χ4n) is 1.42. The highest BCUT2D eigenvalue weighted by atomic mass is 32.1. The Morgan fingerprint density at radius 3 is 2.71 bits per heavy atom. The summed E-state index contributed by atoms with van der Waals surface area (Å²) in [5.41, 5.74) is 1.09. The van der Waals surface area contributed by atoms with Gasteiger partial charge in [0, 0.05) is 5.38 Å². The first kappa shape index (κ1) is 11.6. The average Bonchev–Trinajstić information content (AvgIpc) is 2.64. The highest BCUT2D eigenvalue weighted by Crippen LogP contribution is 2.19. The largest absolute Gasteiger partial charge is 0.309 e. The Kier molecular flexibility index (Phi) is 5.04. The van der Waals surface area contributed by atoms with E-state index >= 15 is 0 Å². The summed E-state index contributed by atoms with van der Waals surface area (Å²) in [6.07, 6.45) is 2.38. The van der Waals surface area contributed by atoms with E-state index in [1.807, 2.05) is 5.38 Å². The quantitative estimate of drug-likeness (QED) is 0.789. The molecule has 1 N–H and O–H groups in total. The third kappa shape index (κ3) is 3.72. The molecule has 0 aliphatic carbocycles. The van der Waals surface area contributed by atoms with E-state index in [9.17, 15) is 0 Å². The summed E-state index contributed by atoms with van der Waals surface area (Å²) in [6.45, 7) is 7.62. The molecule has 0 bridgehead atoms. The predicted molar refractivity (Wildman–Crippen MR) is 60.4 cm³/mol. The summed E-state index contributed by atoms with van der Waals surface area (Å²) in [5.74, 6) is 0.753. The van der Waals surface area contributed by atoms with Crippen LogP contribution >= 0.6 is 11.5 Å². The van der Waals surface area contributed by atoms with Gasteiger partial charge in [-0.05, 0) is 36.8 Å². The van der Waals surface area contributed by atoms with Crippen LogP contribution in [0.15, 0.2) is 5.38 Å². The van der Waals surface area contributed by atoms with E-state index < -0.39 is 0 Å². The Balaban J connectivity index is 2.47. The van der Waals surface area contributed by atoms with Gasteiger partial charge in [-0.3, -0.25) is 0 Å². The fourth-order valence-corrected chi connectivity index (χ4v) is 1.93. The average molecular weight is 213 g/mol. The second-order valence-electron chi connectivity index (χ2n) is 3.91. The molecule has 1 rings (SSSR count). The Morgan fingerprint density at radius 1 is 1.43 bits per heavy atom. The van der Waals surface area contributed by atoms with Crippen LogP contribution < -0.4 is 5.32 Å². The Bertz CT molecular complexity index is 234. The molecule has 0 aliphatic heterocycles. The molecule has 1 atom stereocenters. The van der Waals surface area contributed by atoms with Crippen LogP contribution in [0.5, 0.6) is 0 Å². The zero-order chi connectivity index (χ0) is 10.4. The maximum atomic E-state index is 4.12.